The van der Waals surface area contributed by atoms with Crippen LogP contribution in [0, 0.1) is 11.7 Å². The van der Waals surface area contributed by atoms with Gasteiger partial charge in [-0.3, -0.25) is 4.79 Å². The van der Waals surface area contributed by atoms with Crippen molar-refractivity contribution in [2.45, 2.75) is 33.1 Å². The summed E-state index contributed by atoms with van der Waals surface area (Å²) in [4.78, 5) is 12.8. The second-order valence-electron chi connectivity index (χ2n) is 7.17. The summed E-state index contributed by atoms with van der Waals surface area (Å²) in [6, 6.07) is 14.3. The van der Waals surface area contributed by atoms with Crippen LogP contribution in [0.1, 0.15) is 41.9 Å². The van der Waals surface area contributed by atoms with E-state index >= 15 is 0 Å². The predicted octanol–water partition coefficient (Wildman–Crippen LogP) is 5.08. The van der Waals surface area contributed by atoms with Crippen LogP contribution < -0.4 is 5.32 Å². The van der Waals surface area contributed by atoms with Gasteiger partial charge >= 0.3 is 0 Å². The van der Waals surface area contributed by atoms with Crippen LogP contribution in [0.5, 0.6) is 0 Å². The van der Waals surface area contributed by atoms with Crippen LogP contribution in [-0.2, 0) is 12.8 Å². The van der Waals surface area contributed by atoms with Crippen molar-refractivity contribution in [1.82, 2.24) is 9.78 Å². The van der Waals surface area contributed by atoms with Crippen LogP contribution in [0.4, 0.5) is 15.9 Å². The summed E-state index contributed by atoms with van der Waals surface area (Å²) in [6.45, 7) is 4.18. The van der Waals surface area contributed by atoms with Gasteiger partial charge in [0.25, 0.3) is 0 Å². The van der Waals surface area contributed by atoms with Crippen LogP contribution in [-0.4, -0.2) is 15.6 Å². The van der Waals surface area contributed by atoms with E-state index in [0.29, 0.717) is 17.8 Å². The van der Waals surface area contributed by atoms with Gasteiger partial charge in [0, 0.05) is 12.1 Å². The van der Waals surface area contributed by atoms with E-state index < -0.39 is 0 Å². The fourth-order valence-electron chi connectivity index (χ4n) is 3.60. The average Bonchev–Trinajstić information content (AvgIpc) is 3.01. The molecule has 0 bridgehead atoms. The highest BCUT2D eigenvalue weighted by Crippen LogP contribution is 2.33. The number of carbonyl (C=O) groups is 1. The molecule has 0 amide bonds. The zero-order chi connectivity index (χ0) is 19.0. The van der Waals surface area contributed by atoms with Gasteiger partial charge in [-0.15, -0.1) is 5.10 Å². The first-order valence-electron chi connectivity index (χ1n) is 9.32. The lowest BCUT2D eigenvalue weighted by molar-refractivity contribution is 0.0953. The van der Waals surface area contributed by atoms with E-state index in [4.69, 9.17) is 0 Å². The highest BCUT2D eigenvalue weighted by Gasteiger charge is 2.31. The summed E-state index contributed by atoms with van der Waals surface area (Å²) < 4.78 is 15.1. The Balaban J connectivity index is 1.78. The van der Waals surface area contributed by atoms with E-state index in [0.717, 1.165) is 29.9 Å². The second-order valence-corrected chi connectivity index (χ2v) is 7.17. The van der Waals surface area contributed by atoms with Crippen molar-refractivity contribution < 1.29 is 9.18 Å². The first-order chi connectivity index (χ1) is 13.0. The number of benzene rings is 2. The second kappa shape index (κ2) is 6.99. The minimum absolute atomic E-state index is 0.102. The molecule has 5 heteroatoms. The van der Waals surface area contributed by atoms with Gasteiger partial charge in [0.2, 0.25) is 0 Å². The first-order valence-corrected chi connectivity index (χ1v) is 9.32. The quantitative estimate of drug-likeness (QED) is 0.703. The van der Waals surface area contributed by atoms with Crippen molar-refractivity contribution in [3.05, 3.63) is 71.2 Å². The number of halogens is 1. The smallest absolute Gasteiger partial charge is 0.168 e. The molecule has 1 atom stereocenters. The number of aromatic nitrogens is 2. The van der Waals surface area contributed by atoms with Gasteiger partial charge in [0.1, 0.15) is 5.82 Å². The van der Waals surface area contributed by atoms with Gasteiger partial charge in [-0.25, -0.2) is 9.07 Å². The van der Waals surface area contributed by atoms with Crippen LogP contribution in [0.3, 0.4) is 0 Å². The molecular weight excluding hydrogens is 341 g/mol. The SMILES string of the molecule is CCc1ccc(Nc2nn(-c3ccc(F)cc3)c3c2C(=O)C[C@H](C)C3)cc1. The lowest BCUT2D eigenvalue weighted by atomic mass is 9.87. The van der Waals surface area contributed by atoms with Gasteiger partial charge in [-0.05, 0) is 60.7 Å². The topological polar surface area (TPSA) is 46.9 Å². The van der Waals surface area contributed by atoms with Crippen LogP contribution in [0.15, 0.2) is 48.5 Å². The van der Waals surface area contributed by atoms with Gasteiger partial charge in [0.05, 0.1) is 16.9 Å². The average molecular weight is 363 g/mol. The molecule has 1 heterocycles. The molecule has 2 aromatic carbocycles. The number of nitrogens with one attached hydrogen (secondary N) is 1. The van der Waals surface area contributed by atoms with Crippen LogP contribution in [0.25, 0.3) is 5.69 Å². The fraction of sp³-hybridized carbons (Fsp3) is 0.273. The third-order valence-electron chi connectivity index (χ3n) is 5.03. The minimum atomic E-state index is -0.293. The number of fused-ring (bicyclic) bond motifs is 1. The molecule has 1 N–H and O–H groups in total. The number of ketones is 1. The summed E-state index contributed by atoms with van der Waals surface area (Å²) in [6.07, 6.45) is 2.26. The van der Waals surface area contributed by atoms with E-state index in [2.05, 4.69) is 36.4 Å². The van der Waals surface area contributed by atoms with Crippen molar-refractivity contribution >= 4 is 17.3 Å². The molecule has 138 valence electrons. The van der Waals surface area contributed by atoms with Gasteiger partial charge in [0.15, 0.2) is 11.6 Å². The van der Waals surface area contributed by atoms with Crippen molar-refractivity contribution in [2.24, 2.45) is 5.92 Å². The zero-order valence-corrected chi connectivity index (χ0v) is 15.5. The standard InChI is InChI=1S/C22H22FN3O/c1-3-15-4-8-17(9-5-15)24-22-21-19(12-14(2)13-20(21)27)26(25-22)18-10-6-16(23)7-11-18/h4-11,14H,3,12-13H2,1-2H3,(H,24,25)/t14-/m1/s1. The fourth-order valence-corrected chi connectivity index (χ4v) is 3.60. The number of rotatable bonds is 4. The molecule has 27 heavy (non-hydrogen) atoms. The summed E-state index contributed by atoms with van der Waals surface area (Å²) >= 11 is 0. The highest BCUT2D eigenvalue weighted by atomic mass is 19.1. The number of carbonyl (C=O) groups excluding carboxylic acids is 1. The Kier molecular flexibility index (Phi) is 4.52. The Labute approximate surface area is 158 Å². The molecule has 0 saturated carbocycles. The number of Topliss-reactive ketones (excluding diaryl/α,β-unsaturated/α-hetero) is 1. The first kappa shape index (κ1) is 17.5. The maximum atomic E-state index is 13.3. The Morgan fingerprint density at radius 3 is 2.48 bits per heavy atom. The van der Waals surface area contributed by atoms with E-state index in [1.165, 1.54) is 17.7 Å². The van der Waals surface area contributed by atoms with Crippen LogP contribution >= 0.6 is 0 Å². The van der Waals surface area contributed by atoms with E-state index in [1.54, 1.807) is 16.8 Å². The molecular formula is C22H22FN3O. The molecule has 1 aromatic heterocycles. The lowest BCUT2D eigenvalue weighted by Gasteiger charge is -2.19. The molecule has 0 spiro atoms. The number of hydrogen-bond donors (Lipinski definition) is 1. The molecule has 0 fully saturated rings. The summed E-state index contributed by atoms with van der Waals surface area (Å²) in [5.74, 6) is 0.636. The third-order valence-corrected chi connectivity index (χ3v) is 5.03. The Bertz CT molecular complexity index is 974. The maximum absolute atomic E-state index is 13.3. The summed E-state index contributed by atoms with van der Waals surface area (Å²) in [7, 11) is 0. The predicted molar refractivity (Wildman–Crippen MR) is 104 cm³/mol. The number of aryl methyl sites for hydroxylation is 1. The minimum Gasteiger partial charge on any atom is -0.338 e. The normalized spacial score (nSPS) is 16.3. The van der Waals surface area contributed by atoms with Gasteiger partial charge in [-0.1, -0.05) is 26.0 Å². The molecule has 4 rings (SSSR count). The molecule has 0 unspecified atom stereocenters. The zero-order valence-electron chi connectivity index (χ0n) is 15.5. The van der Waals surface area contributed by atoms with Crippen molar-refractivity contribution in [2.75, 3.05) is 5.32 Å². The highest BCUT2D eigenvalue weighted by molar-refractivity contribution is 6.03. The molecule has 0 saturated heterocycles. The maximum Gasteiger partial charge on any atom is 0.168 e. The molecule has 0 radical (unpaired) electrons. The van der Waals surface area contributed by atoms with E-state index in [1.807, 2.05) is 12.1 Å². The van der Waals surface area contributed by atoms with Gasteiger partial charge in [-0.2, -0.15) is 0 Å². The number of nitrogens with zero attached hydrogens (tertiary/aromatic N) is 2. The van der Waals surface area contributed by atoms with Crippen molar-refractivity contribution in [3.8, 4) is 5.69 Å². The molecule has 0 aliphatic heterocycles. The lowest BCUT2D eigenvalue weighted by Crippen LogP contribution is -2.19. The monoisotopic (exact) mass is 363 g/mol. The third kappa shape index (κ3) is 3.37. The van der Waals surface area contributed by atoms with Crippen molar-refractivity contribution in [3.63, 3.8) is 0 Å². The summed E-state index contributed by atoms with van der Waals surface area (Å²) in [5, 5.41) is 7.98. The van der Waals surface area contributed by atoms with E-state index in [-0.39, 0.29) is 17.5 Å². The number of hydrogen-bond acceptors (Lipinski definition) is 3. The molecule has 1 aliphatic rings. The number of anilines is 2. The largest absolute Gasteiger partial charge is 0.338 e. The summed E-state index contributed by atoms with van der Waals surface area (Å²) in [5.41, 5.74) is 4.44. The molecule has 4 nitrogen and oxygen atoms in total. The molecule has 1 aliphatic carbocycles. The van der Waals surface area contributed by atoms with Crippen LogP contribution in [0.2, 0.25) is 0 Å². The van der Waals surface area contributed by atoms with E-state index in [9.17, 15) is 9.18 Å². The Morgan fingerprint density at radius 2 is 1.81 bits per heavy atom. The van der Waals surface area contributed by atoms with Crippen molar-refractivity contribution in [1.29, 1.82) is 0 Å². The molecule has 3 aromatic rings. The van der Waals surface area contributed by atoms with Gasteiger partial charge < -0.3 is 5.32 Å². The Hall–Kier alpha value is -2.95. The Morgan fingerprint density at radius 1 is 1.11 bits per heavy atom.